The predicted octanol–water partition coefficient (Wildman–Crippen LogP) is 17.7. The van der Waals surface area contributed by atoms with Gasteiger partial charge in [-0.25, -0.2) is 0 Å². The van der Waals surface area contributed by atoms with E-state index in [0.717, 1.165) is 50.1 Å². The molecular formula is C62H41NO. The molecule has 0 radical (unpaired) electrons. The maximum absolute atomic E-state index is 6.41. The minimum absolute atomic E-state index is 0.895. The van der Waals surface area contributed by atoms with Crippen molar-refractivity contribution in [3.05, 3.63) is 249 Å². The SMILES string of the molecule is c1ccc(-c2ccc(-c3ccc(N(c4cccc(-c5ccc(-c6ccccc6)cc5)c4)c4ccc(-c5ccc6oc7cc8ccccc8cc7c6c5)c5ccccc45)cc3)cc2)cc1. The minimum Gasteiger partial charge on any atom is -0.456 e. The molecule has 0 fully saturated rings. The number of hydrogen-bond donors (Lipinski definition) is 0. The summed E-state index contributed by atoms with van der Waals surface area (Å²) >= 11 is 0. The van der Waals surface area contributed by atoms with Gasteiger partial charge >= 0.3 is 0 Å². The van der Waals surface area contributed by atoms with Gasteiger partial charge in [0.25, 0.3) is 0 Å². The van der Waals surface area contributed by atoms with Crippen LogP contribution in [0.2, 0.25) is 0 Å². The molecule has 64 heavy (non-hydrogen) atoms. The van der Waals surface area contributed by atoms with Crippen LogP contribution in [0.4, 0.5) is 17.1 Å². The van der Waals surface area contributed by atoms with E-state index in [-0.39, 0.29) is 0 Å². The number of benzene rings is 11. The lowest BCUT2D eigenvalue weighted by Gasteiger charge is -2.28. The van der Waals surface area contributed by atoms with Gasteiger partial charge in [0.05, 0.1) is 5.69 Å². The summed E-state index contributed by atoms with van der Waals surface area (Å²) in [7, 11) is 0. The zero-order valence-corrected chi connectivity index (χ0v) is 35.0. The Labute approximate surface area is 372 Å². The molecule has 0 N–H and O–H groups in total. The third-order valence-electron chi connectivity index (χ3n) is 12.7. The third-order valence-corrected chi connectivity index (χ3v) is 12.7. The molecule has 0 aliphatic carbocycles. The molecule has 300 valence electrons. The topological polar surface area (TPSA) is 16.4 Å². The van der Waals surface area contributed by atoms with Gasteiger partial charge in [-0.15, -0.1) is 0 Å². The molecule has 11 aromatic carbocycles. The number of fused-ring (bicyclic) bond motifs is 5. The van der Waals surface area contributed by atoms with Crippen LogP contribution in [0.15, 0.2) is 253 Å². The lowest BCUT2D eigenvalue weighted by Crippen LogP contribution is -2.10. The van der Waals surface area contributed by atoms with Crippen molar-refractivity contribution in [2.24, 2.45) is 0 Å². The molecule has 12 rings (SSSR count). The number of nitrogens with zero attached hydrogens (tertiary/aromatic N) is 1. The van der Waals surface area contributed by atoms with Crippen LogP contribution in [0.1, 0.15) is 0 Å². The van der Waals surface area contributed by atoms with E-state index >= 15 is 0 Å². The quantitative estimate of drug-likeness (QED) is 0.152. The van der Waals surface area contributed by atoms with Crippen molar-refractivity contribution >= 4 is 60.5 Å². The van der Waals surface area contributed by atoms with Gasteiger partial charge in [-0.2, -0.15) is 0 Å². The van der Waals surface area contributed by atoms with Gasteiger partial charge in [0, 0.05) is 27.5 Å². The lowest BCUT2D eigenvalue weighted by atomic mass is 9.94. The van der Waals surface area contributed by atoms with Crippen LogP contribution in [0.25, 0.3) is 99.1 Å². The van der Waals surface area contributed by atoms with E-state index in [4.69, 9.17) is 4.42 Å². The van der Waals surface area contributed by atoms with Gasteiger partial charge in [0.15, 0.2) is 0 Å². The van der Waals surface area contributed by atoms with E-state index in [0.29, 0.717) is 0 Å². The molecular weight excluding hydrogens is 775 g/mol. The first-order valence-electron chi connectivity index (χ1n) is 21.9. The van der Waals surface area contributed by atoms with Crippen LogP contribution in [0.5, 0.6) is 0 Å². The normalized spacial score (nSPS) is 11.4. The molecule has 2 heteroatoms. The molecule has 0 atom stereocenters. The average Bonchev–Trinajstić information content (AvgIpc) is 3.73. The highest BCUT2D eigenvalue weighted by Gasteiger charge is 2.19. The van der Waals surface area contributed by atoms with Crippen LogP contribution >= 0.6 is 0 Å². The first-order chi connectivity index (χ1) is 31.7. The van der Waals surface area contributed by atoms with Gasteiger partial charge in [0.1, 0.15) is 11.2 Å². The highest BCUT2D eigenvalue weighted by molar-refractivity contribution is 6.13. The Morgan fingerprint density at radius 3 is 1.38 bits per heavy atom. The molecule has 0 aliphatic rings. The summed E-state index contributed by atoms with van der Waals surface area (Å²) < 4.78 is 6.41. The minimum atomic E-state index is 0.895. The molecule has 0 aliphatic heterocycles. The van der Waals surface area contributed by atoms with Gasteiger partial charge in [-0.1, -0.05) is 194 Å². The predicted molar refractivity (Wildman–Crippen MR) is 271 cm³/mol. The summed E-state index contributed by atoms with van der Waals surface area (Å²) in [6.45, 7) is 0. The smallest absolute Gasteiger partial charge is 0.136 e. The Bertz CT molecular complexity index is 3630. The maximum Gasteiger partial charge on any atom is 0.136 e. The molecule has 1 aromatic heterocycles. The van der Waals surface area contributed by atoms with Gasteiger partial charge in [-0.3, -0.25) is 0 Å². The summed E-state index contributed by atoms with van der Waals surface area (Å²) in [6.07, 6.45) is 0. The van der Waals surface area contributed by atoms with E-state index in [1.54, 1.807) is 0 Å². The zero-order valence-electron chi connectivity index (χ0n) is 35.0. The number of rotatable bonds is 8. The van der Waals surface area contributed by atoms with Crippen molar-refractivity contribution < 1.29 is 4.42 Å². The van der Waals surface area contributed by atoms with Crippen LogP contribution in [-0.2, 0) is 0 Å². The molecule has 2 nitrogen and oxygen atoms in total. The van der Waals surface area contributed by atoms with E-state index < -0.39 is 0 Å². The van der Waals surface area contributed by atoms with E-state index in [1.165, 1.54) is 66.1 Å². The van der Waals surface area contributed by atoms with E-state index in [9.17, 15) is 0 Å². The van der Waals surface area contributed by atoms with Crippen LogP contribution in [0, 0.1) is 0 Å². The first-order valence-corrected chi connectivity index (χ1v) is 21.9. The Morgan fingerprint density at radius 2 is 0.734 bits per heavy atom. The van der Waals surface area contributed by atoms with Crippen molar-refractivity contribution in [2.45, 2.75) is 0 Å². The van der Waals surface area contributed by atoms with Gasteiger partial charge < -0.3 is 9.32 Å². The second kappa shape index (κ2) is 15.8. The van der Waals surface area contributed by atoms with Crippen molar-refractivity contribution in [3.8, 4) is 55.6 Å². The summed E-state index contributed by atoms with van der Waals surface area (Å²) in [5.74, 6) is 0. The maximum atomic E-state index is 6.41. The molecule has 0 saturated carbocycles. The summed E-state index contributed by atoms with van der Waals surface area (Å²) in [5.41, 5.74) is 16.9. The molecule has 12 aromatic rings. The first kappa shape index (κ1) is 37.3. The number of anilines is 3. The van der Waals surface area contributed by atoms with Gasteiger partial charge in [-0.05, 0) is 126 Å². The zero-order chi connectivity index (χ0) is 42.4. The summed E-state index contributed by atoms with van der Waals surface area (Å²) in [4.78, 5) is 2.41. The molecule has 1 heterocycles. The highest BCUT2D eigenvalue weighted by atomic mass is 16.3. The van der Waals surface area contributed by atoms with E-state index in [2.05, 4.69) is 254 Å². The molecule has 0 saturated heterocycles. The van der Waals surface area contributed by atoms with Crippen LogP contribution < -0.4 is 4.90 Å². The number of hydrogen-bond acceptors (Lipinski definition) is 2. The monoisotopic (exact) mass is 815 g/mol. The Balaban J connectivity index is 0.968. The van der Waals surface area contributed by atoms with E-state index in [1.807, 2.05) is 0 Å². The third kappa shape index (κ3) is 6.79. The second-order valence-electron chi connectivity index (χ2n) is 16.5. The fourth-order valence-corrected chi connectivity index (χ4v) is 9.39. The van der Waals surface area contributed by atoms with Crippen LogP contribution in [-0.4, -0.2) is 0 Å². The molecule has 0 bridgehead atoms. The van der Waals surface area contributed by atoms with Crippen LogP contribution in [0.3, 0.4) is 0 Å². The number of furan rings is 1. The highest BCUT2D eigenvalue weighted by Crippen LogP contribution is 2.44. The second-order valence-corrected chi connectivity index (χ2v) is 16.5. The van der Waals surface area contributed by atoms with Crippen molar-refractivity contribution in [1.29, 1.82) is 0 Å². The molecule has 0 spiro atoms. The lowest BCUT2D eigenvalue weighted by molar-refractivity contribution is 0.669. The van der Waals surface area contributed by atoms with Crippen molar-refractivity contribution in [2.75, 3.05) is 4.90 Å². The Morgan fingerprint density at radius 1 is 0.250 bits per heavy atom. The summed E-state index contributed by atoms with van der Waals surface area (Å²) in [5, 5.41) is 7.00. The summed E-state index contributed by atoms with van der Waals surface area (Å²) in [6, 6.07) is 89.7. The standard InChI is InChI=1S/C62H41NO/c1-3-12-42(13-4-1)44-22-24-46(25-23-44)47-30-33-53(34-31-47)63(54-19-11-18-49(38-54)48-28-26-45(27-29-48)43-14-5-2-6-15-43)60-36-35-55(56-20-9-10-21-57(56)60)52-32-37-61-58(40-52)59-39-50-16-7-8-17-51(50)41-62(59)64-61/h1-41H. The Hall–Kier alpha value is -8.46. The fraction of sp³-hybridized carbons (Fsp3) is 0. The largest absolute Gasteiger partial charge is 0.456 e. The Kier molecular flexibility index (Phi) is 9.20. The van der Waals surface area contributed by atoms with Gasteiger partial charge in [0.2, 0.25) is 0 Å². The average molecular weight is 816 g/mol. The van der Waals surface area contributed by atoms with Crippen molar-refractivity contribution in [3.63, 3.8) is 0 Å². The van der Waals surface area contributed by atoms with Crippen molar-refractivity contribution in [1.82, 2.24) is 0 Å². The molecule has 0 amide bonds. The fourth-order valence-electron chi connectivity index (χ4n) is 9.39. The molecule has 0 unspecified atom stereocenters.